The minimum atomic E-state index is -0.360. The molecule has 0 aliphatic heterocycles. The first-order valence-corrected chi connectivity index (χ1v) is 12.6. The van der Waals surface area contributed by atoms with Gasteiger partial charge in [-0.05, 0) is 58.5 Å². The highest BCUT2D eigenvalue weighted by molar-refractivity contribution is 6.33. The van der Waals surface area contributed by atoms with Gasteiger partial charge in [0, 0.05) is 17.0 Å². The third-order valence-electron chi connectivity index (χ3n) is 7.42. The van der Waals surface area contributed by atoms with Crippen molar-refractivity contribution in [3.05, 3.63) is 40.0 Å². The molecule has 1 aromatic carbocycles. The number of phenolic OH excluding ortho intramolecular Hbond substituents is 1. The van der Waals surface area contributed by atoms with Gasteiger partial charge in [-0.2, -0.15) is 0 Å². The summed E-state index contributed by atoms with van der Waals surface area (Å²) in [7, 11) is 6.68. The molecule has 7 nitrogen and oxygen atoms in total. The molecule has 1 aromatic rings. The zero-order chi connectivity index (χ0) is 27.2. The van der Waals surface area contributed by atoms with E-state index in [0.29, 0.717) is 40.0 Å². The topological polar surface area (TPSA) is 80.6 Å². The lowest BCUT2D eigenvalue weighted by Gasteiger charge is -2.43. The van der Waals surface area contributed by atoms with Gasteiger partial charge in [0.15, 0.2) is 11.5 Å². The number of phenols is 1. The normalized spacial score (nSPS) is 24.0. The summed E-state index contributed by atoms with van der Waals surface area (Å²) in [6.07, 6.45) is 8.56. The Morgan fingerprint density at radius 2 is 1.89 bits per heavy atom. The molecule has 0 saturated heterocycles. The van der Waals surface area contributed by atoms with Crippen LogP contribution in [0.1, 0.15) is 51.7 Å². The van der Waals surface area contributed by atoms with E-state index in [0.717, 1.165) is 24.1 Å². The lowest BCUT2D eigenvalue weighted by atomic mass is 9.61. The number of methoxy groups -OCH3 is 2. The number of hydrogen-bond donors (Lipinski definition) is 1. The number of likely N-dealkylation sites (N-methyl/N-ethyl adjacent to an activating group) is 1. The highest BCUT2D eigenvalue weighted by Crippen LogP contribution is 2.47. The van der Waals surface area contributed by atoms with E-state index in [1.165, 1.54) is 14.2 Å². The third-order valence-corrected chi connectivity index (χ3v) is 7.88. The number of aromatic hydroxyl groups is 1. The molecule has 1 aliphatic carbocycles. The monoisotopic (exact) mass is 520 g/mol. The van der Waals surface area contributed by atoms with Crippen molar-refractivity contribution in [3.8, 4) is 17.2 Å². The second kappa shape index (κ2) is 12.6. The number of ether oxygens (including phenoxy) is 2. The van der Waals surface area contributed by atoms with Gasteiger partial charge in [-0.3, -0.25) is 4.90 Å². The molecule has 0 unspecified atom stereocenters. The van der Waals surface area contributed by atoms with Gasteiger partial charge < -0.3 is 19.4 Å². The second-order valence-electron chi connectivity index (χ2n) is 10.1. The Bertz CT molecular complexity index is 1050. The standard InChI is InChI=1S/C28H41ClN2O5/c1-17(10-12-21-25(33)26(34-8)19(3)24(29)27(21)35-9)14-15-28(5)18(2)11-13-22(20(28)4)30-36-23(32)16-31(6)7/h10,14-15,18,20,33H,11-13,16H2,1-9H3/b15-14+,17-10+,30-22+/t18-,20+,28+/m1/s1. The highest BCUT2D eigenvalue weighted by atomic mass is 35.5. The van der Waals surface area contributed by atoms with Gasteiger partial charge in [0.05, 0.1) is 31.5 Å². The molecular formula is C28H41ClN2O5. The van der Waals surface area contributed by atoms with Crippen molar-refractivity contribution in [2.24, 2.45) is 22.4 Å². The molecule has 200 valence electrons. The fourth-order valence-corrected chi connectivity index (χ4v) is 4.90. The summed E-state index contributed by atoms with van der Waals surface area (Å²) in [5, 5.41) is 15.4. The van der Waals surface area contributed by atoms with E-state index in [1.807, 2.05) is 27.1 Å². The molecule has 1 saturated carbocycles. The van der Waals surface area contributed by atoms with E-state index < -0.39 is 0 Å². The first-order chi connectivity index (χ1) is 16.9. The Balaban J connectivity index is 2.26. The molecule has 1 fully saturated rings. The largest absolute Gasteiger partial charge is 0.504 e. The van der Waals surface area contributed by atoms with Gasteiger partial charge in [0.1, 0.15) is 5.75 Å². The van der Waals surface area contributed by atoms with Crippen LogP contribution < -0.4 is 9.47 Å². The third kappa shape index (κ3) is 6.62. The van der Waals surface area contributed by atoms with Crippen LogP contribution >= 0.6 is 11.6 Å². The summed E-state index contributed by atoms with van der Waals surface area (Å²) in [6.45, 7) is 10.6. The molecule has 1 aliphatic rings. The number of carbonyl (C=O) groups excluding carboxylic acids is 1. The maximum Gasteiger partial charge on any atom is 0.348 e. The molecule has 0 heterocycles. The number of hydrogen-bond acceptors (Lipinski definition) is 7. The van der Waals surface area contributed by atoms with E-state index in [2.05, 4.69) is 38.1 Å². The molecule has 3 atom stereocenters. The van der Waals surface area contributed by atoms with Crippen LogP contribution in [0.15, 0.2) is 29.0 Å². The predicted molar refractivity (Wildman–Crippen MR) is 145 cm³/mol. The molecule has 0 amide bonds. The maximum absolute atomic E-state index is 11.9. The fraction of sp³-hybridized carbons (Fsp3) is 0.571. The van der Waals surface area contributed by atoms with Gasteiger partial charge in [-0.25, -0.2) is 4.79 Å². The Hall–Kier alpha value is -2.51. The van der Waals surface area contributed by atoms with Crippen molar-refractivity contribution in [2.45, 2.75) is 53.9 Å². The smallest absolute Gasteiger partial charge is 0.348 e. The van der Waals surface area contributed by atoms with E-state index >= 15 is 0 Å². The SMILES string of the molecule is COc1c(C)c(Cl)c(OC)c(C/C=C(C)/C=C/[C@@]2(C)[C@H](C)CC/C(=N\OC(=O)CN(C)C)[C@@H]2C)c1O. The number of benzene rings is 1. The molecule has 0 spiro atoms. The fourth-order valence-electron chi connectivity index (χ4n) is 4.63. The summed E-state index contributed by atoms with van der Waals surface area (Å²) in [5.74, 6) is 1.02. The average Bonchev–Trinajstić information content (AvgIpc) is 2.82. The van der Waals surface area contributed by atoms with Crippen molar-refractivity contribution in [3.63, 3.8) is 0 Å². The minimum Gasteiger partial charge on any atom is -0.504 e. The van der Waals surface area contributed by atoms with Gasteiger partial charge in [0.2, 0.25) is 0 Å². The van der Waals surface area contributed by atoms with Crippen molar-refractivity contribution >= 4 is 23.3 Å². The number of nitrogens with zero attached hydrogens (tertiary/aromatic N) is 2. The molecule has 0 radical (unpaired) electrons. The molecule has 0 bridgehead atoms. The number of allylic oxidation sites excluding steroid dienone is 4. The van der Waals surface area contributed by atoms with E-state index in [9.17, 15) is 9.90 Å². The minimum absolute atomic E-state index is 0.0374. The lowest BCUT2D eigenvalue weighted by molar-refractivity contribution is -0.144. The van der Waals surface area contributed by atoms with Crippen molar-refractivity contribution in [1.29, 1.82) is 0 Å². The lowest BCUT2D eigenvalue weighted by Crippen LogP contribution is -2.40. The summed E-state index contributed by atoms with van der Waals surface area (Å²) in [4.78, 5) is 18.9. The van der Waals surface area contributed by atoms with Gasteiger partial charge >= 0.3 is 5.97 Å². The van der Waals surface area contributed by atoms with Crippen LogP contribution in [0, 0.1) is 24.2 Å². The van der Waals surface area contributed by atoms with Crippen LogP contribution in [0.4, 0.5) is 0 Å². The number of carbonyl (C=O) groups is 1. The first-order valence-electron chi connectivity index (χ1n) is 12.3. The highest BCUT2D eigenvalue weighted by Gasteiger charge is 2.41. The summed E-state index contributed by atoms with van der Waals surface area (Å²) < 4.78 is 10.9. The number of oxime groups is 1. The van der Waals surface area contributed by atoms with E-state index in [-0.39, 0.29) is 29.6 Å². The summed E-state index contributed by atoms with van der Waals surface area (Å²) in [5.41, 5.74) is 3.00. The molecular weight excluding hydrogens is 480 g/mol. The quantitative estimate of drug-likeness (QED) is 0.246. The second-order valence-corrected chi connectivity index (χ2v) is 10.5. The molecule has 2 rings (SSSR count). The van der Waals surface area contributed by atoms with Crippen molar-refractivity contribution in [1.82, 2.24) is 4.90 Å². The van der Waals surface area contributed by atoms with Crippen molar-refractivity contribution in [2.75, 3.05) is 34.9 Å². The number of halogens is 1. The number of rotatable bonds is 9. The van der Waals surface area contributed by atoms with Crippen LogP contribution in [0.3, 0.4) is 0 Å². The van der Waals surface area contributed by atoms with Gasteiger partial charge in [0.25, 0.3) is 0 Å². The average molecular weight is 521 g/mol. The van der Waals surface area contributed by atoms with Crippen LogP contribution in [0.2, 0.25) is 5.02 Å². The van der Waals surface area contributed by atoms with Crippen LogP contribution in [0.25, 0.3) is 0 Å². The van der Waals surface area contributed by atoms with Crippen LogP contribution in [-0.4, -0.2) is 56.5 Å². The van der Waals surface area contributed by atoms with Gasteiger partial charge in [-0.15, -0.1) is 0 Å². The molecule has 0 aromatic heterocycles. The summed E-state index contributed by atoms with van der Waals surface area (Å²) >= 11 is 6.47. The maximum atomic E-state index is 11.9. The Morgan fingerprint density at radius 3 is 2.47 bits per heavy atom. The molecule has 1 N–H and O–H groups in total. The van der Waals surface area contributed by atoms with Crippen LogP contribution in [0.5, 0.6) is 17.2 Å². The Kier molecular flexibility index (Phi) is 10.4. The predicted octanol–water partition coefficient (Wildman–Crippen LogP) is 5.95. The van der Waals surface area contributed by atoms with Crippen molar-refractivity contribution < 1.29 is 24.2 Å². The molecule has 36 heavy (non-hydrogen) atoms. The van der Waals surface area contributed by atoms with Gasteiger partial charge in [-0.1, -0.05) is 61.3 Å². The summed E-state index contributed by atoms with van der Waals surface area (Å²) in [6, 6.07) is 0. The Labute approximate surface area is 220 Å². The Morgan fingerprint density at radius 1 is 1.25 bits per heavy atom. The zero-order valence-corrected chi connectivity index (χ0v) is 23.8. The van der Waals surface area contributed by atoms with Crippen LogP contribution in [-0.2, 0) is 16.1 Å². The van der Waals surface area contributed by atoms with E-state index in [4.69, 9.17) is 25.9 Å². The van der Waals surface area contributed by atoms with E-state index in [1.54, 1.807) is 11.8 Å². The zero-order valence-electron chi connectivity index (χ0n) is 23.1. The molecule has 8 heteroatoms. The first kappa shape index (κ1) is 29.7.